The maximum Gasteiger partial charge on any atom is 0.416 e. The van der Waals surface area contributed by atoms with Crippen LogP contribution in [-0.4, -0.2) is 5.91 Å². The smallest absolute Gasteiger partial charge is 0.347 e. The lowest BCUT2D eigenvalue weighted by Gasteiger charge is -2.29. The van der Waals surface area contributed by atoms with Crippen LogP contribution in [0.1, 0.15) is 38.3 Å². The maximum absolute atomic E-state index is 12.9. The zero-order valence-corrected chi connectivity index (χ0v) is 10.6. The van der Waals surface area contributed by atoms with Crippen LogP contribution in [-0.2, 0) is 16.5 Å². The number of nitrogens with one attached hydrogen (secondary N) is 1. The van der Waals surface area contributed by atoms with Gasteiger partial charge in [-0.15, -0.1) is 0 Å². The highest BCUT2D eigenvalue weighted by atomic mass is 19.4. The first-order valence-electron chi connectivity index (χ1n) is 5.66. The molecule has 100 valence electrons. The minimum atomic E-state index is -4.43. The molecule has 1 N–H and O–H groups in total. The first kappa shape index (κ1) is 14.5. The number of hydrogen-bond donors (Lipinski definition) is 1. The maximum atomic E-state index is 12.9. The van der Waals surface area contributed by atoms with Gasteiger partial charge in [0.15, 0.2) is 0 Å². The second-order valence-electron chi connectivity index (χ2n) is 4.57. The predicted molar refractivity (Wildman–Crippen MR) is 62.9 cm³/mol. The van der Waals surface area contributed by atoms with Crippen LogP contribution < -0.4 is 5.32 Å². The van der Waals surface area contributed by atoms with Gasteiger partial charge in [0, 0.05) is 6.42 Å². The van der Waals surface area contributed by atoms with Crippen LogP contribution in [0.4, 0.5) is 13.2 Å². The molecule has 0 saturated carbocycles. The topological polar surface area (TPSA) is 29.1 Å². The molecule has 0 aromatic heterocycles. The van der Waals surface area contributed by atoms with Crippen LogP contribution in [0.3, 0.4) is 0 Å². The van der Waals surface area contributed by atoms with Gasteiger partial charge >= 0.3 is 6.18 Å². The van der Waals surface area contributed by atoms with Crippen LogP contribution in [0.15, 0.2) is 24.3 Å². The summed E-state index contributed by atoms with van der Waals surface area (Å²) in [4.78, 5) is 11.4. The Labute approximate surface area is 104 Å². The van der Waals surface area contributed by atoms with E-state index >= 15 is 0 Å². The Morgan fingerprint density at radius 2 is 1.67 bits per heavy atom. The summed E-state index contributed by atoms with van der Waals surface area (Å²) in [6, 6.07) is 5.28. The van der Waals surface area contributed by atoms with E-state index in [-0.39, 0.29) is 17.9 Å². The van der Waals surface area contributed by atoms with Crippen molar-refractivity contribution in [2.24, 2.45) is 0 Å². The van der Waals surface area contributed by atoms with Crippen molar-refractivity contribution in [2.45, 2.75) is 38.9 Å². The lowest BCUT2D eigenvalue weighted by molar-refractivity contribution is -0.139. The van der Waals surface area contributed by atoms with E-state index in [1.807, 2.05) is 0 Å². The van der Waals surface area contributed by atoms with Gasteiger partial charge in [0.25, 0.3) is 0 Å². The average Bonchev–Trinajstić information content (AvgIpc) is 2.27. The van der Waals surface area contributed by atoms with Crippen LogP contribution in [0, 0.1) is 0 Å². The number of halogens is 3. The van der Waals surface area contributed by atoms with Crippen molar-refractivity contribution in [3.05, 3.63) is 35.4 Å². The van der Waals surface area contributed by atoms with Crippen LogP contribution in [0.25, 0.3) is 0 Å². The molecular weight excluding hydrogens is 243 g/mol. The summed E-state index contributed by atoms with van der Waals surface area (Å²) in [7, 11) is 0. The second-order valence-corrected chi connectivity index (χ2v) is 4.57. The van der Waals surface area contributed by atoms with E-state index in [1.54, 1.807) is 20.8 Å². The standard InChI is InChI=1S/C13H16F3NO/c1-4-11(18)17-12(2,3)9-7-5-6-8-10(9)13(14,15)16/h5-8H,4H2,1-3H3,(H,17,18). The zero-order valence-electron chi connectivity index (χ0n) is 10.6. The summed E-state index contributed by atoms with van der Waals surface area (Å²) in [5.41, 5.74) is -1.70. The molecule has 0 aliphatic heterocycles. The fourth-order valence-corrected chi connectivity index (χ4v) is 1.78. The lowest BCUT2D eigenvalue weighted by atomic mass is 9.89. The van der Waals surface area contributed by atoms with Crippen molar-refractivity contribution in [1.82, 2.24) is 5.32 Å². The van der Waals surface area contributed by atoms with Gasteiger partial charge in [-0.25, -0.2) is 0 Å². The van der Waals surface area contributed by atoms with Crippen molar-refractivity contribution in [3.63, 3.8) is 0 Å². The first-order chi connectivity index (χ1) is 8.18. The second kappa shape index (κ2) is 5.00. The molecule has 0 aliphatic rings. The van der Waals surface area contributed by atoms with Gasteiger partial charge in [-0.1, -0.05) is 25.1 Å². The molecule has 0 spiro atoms. The SMILES string of the molecule is CCC(=O)NC(C)(C)c1ccccc1C(F)(F)F. The van der Waals surface area contributed by atoms with Crippen molar-refractivity contribution in [1.29, 1.82) is 0 Å². The number of carbonyl (C=O) groups excluding carboxylic acids is 1. The zero-order chi connectivity index (χ0) is 14.0. The molecule has 1 aromatic rings. The highest BCUT2D eigenvalue weighted by Gasteiger charge is 2.37. The molecule has 0 atom stereocenters. The Balaban J connectivity index is 3.20. The molecule has 0 aliphatic carbocycles. The number of carbonyl (C=O) groups is 1. The van der Waals surface area contributed by atoms with E-state index in [4.69, 9.17) is 0 Å². The minimum Gasteiger partial charge on any atom is -0.347 e. The predicted octanol–water partition coefficient (Wildman–Crippen LogP) is 3.47. The van der Waals surface area contributed by atoms with E-state index in [0.29, 0.717) is 0 Å². The number of benzene rings is 1. The van der Waals surface area contributed by atoms with Gasteiger partial charge in [-0.2, -0.15) is 13.2 Å². The molecule has 0 bridgehead atoms. The number of hydrogen-bond acceptors (Lipinski definition) is 1. The van der Waals surface area contributed by atoms with Crippen molar-refractivity contribution < 1.29 is 18.0 Å². The summed E-state index contributed by atoms with van der Waals surface area (Å²) in [5, 5.41) is 2.60. The lowest BCUT2D eigenvalue weighted by Crippen LogP contribution is -2.41. The fourth-order valence-electron chi connectivity index (χ4n) is 1.78. The van der Waals surface area contributed by atoms with Crippen LogP contribution in [0.2, 0.25) is 0 Å². The quantitative estimate of drug-likeness (QED) is 0.884. The molecule has 0 radical (unpaired) electrons. The van der Waals surface area contributed by atoms with Gasteiger partial charge in [0.1, 0.15) is 0 Å². The first-order valence-corrected chi connectivity index (χ1v) is 5.66. The summed E-state index contributed by atoms with van der Waals surface area (Å²) >= 11 is 0. The number of alkyl halides is 3. The Hall–Kier alpha value is -1.52. The number of rotatable bonds is 3. The molecule has 0 saturated heterocycles. The molecular formula is C13H16F3NO. The average molecular weight is 259 g/mol. The van der Waals surface area contributed by atoms with E-state index < -0.39 is 17.3 Å². The molecule has 1 rings (SSSR count). The molecule has 5 heteroatoms. The van der Waals surface area contributed by atoms with Crippen molar-refractivity contribution in [2.75, 3.05) is 0 Å². The Bertz CT molecular complexity index is 438. The molecule has 2 nitrogen and oxygen atoms in total. The summed E-state index contributed by atoms with van der Waals surface area (Å²) in [6.07, 6.45) is -4.19. The van der Waals surface area contributed by atoms with Gasteiger partial charge in [0.2, 0.25) is 5.91 Å². The Kier molecular flexibility index (Phi) is 4.04. The Morgan fingerprint density at radius 1 is 1.17 bits per heavy atom. The third-order valence-corrected chi connectivity index (χ3v) is 2.68. The largest absolute Gasteiger partial charge is 0.416 e. The molecule has 0 heterocycles. The van der Waals surface area contributed by atoms with Gasteiger partial charge < -0.3 is 5.32 Å². The van der Waals surface area contributed by atoms with E-state index in [1.165, 1.54) is 18.2 Å². The summed E-state index contributed by atoms with van der Waals surface area (Å²) < 4.78 is 38.7. The van der Waals surface area contributed by atoms with Gasteiger partial charge in [-0.3, -0.25) is 4.79 Å². The highest BCUT2D eigenvalue weighted by Crippen LogP contribution is 2.36. The minimum absolute atomic E-state index is 0.0688. The van der Waals surface area contributed by atoms with Crippen molar-refractivity contribution in [3.8, 4) is 0 Å². The highest BCUT2D eigenvalue weighted by molar-refractivity contribution is 5.76. The molecule has 1 aromatic carbocycles. The summed E-state index contributed by atoms with van der Waals surface area (Å²) in [5.74, 6) is -0.281. The molecule has 0 fully saturated rings. The fraction of sp³-hybridized carbons (Fsp3) is 0.462. The third kappa shape index (κ3) is 3.24. The normalized spacial score (nSPS) is 12.3. The van der Waals surface area contributed by atoms with Crippen LogP contribution >= 0.6 is 0 Å². The summed E-state index contributed by atoms with van der Waals surface area (Å²) in [6.45, 7) is 4.78. The number of amides is 1. The van der Waals surface area contributed by atoms with E-state index in [2.05, 4.69) is 5.32 Å². The van der Waals surface area contributed by atoms with Gasteiger partial charge in [-0.05, 0) is 25.5 Å². The molecule has 18 heavy (non-hydrogen) atoms. The van der Waals surface area contributed by atoms with E-state index in [9.17, 15) is 18.0 Å². The van der Waals surface area contributed by atoms with Crippen molar-refractivity contribution >= 4 is 5.91 Å². The third-order valence-electron chi connectivity index (χ3n) is 2.68. The Morgan fingerprint density at radius 3 is 2.11 bits per heavy atom. The molecule has 1 amide bonds. The van der Waals surface area contributed by atoms with E-state index in [0.717, 1.165) is 6.07 Å². The van der Waals surface area contributed by atoms with Gasteiger partial charge in [0.05, 0.1) is 11.1 Å². The van der Waals surface area contributed by atoms with Crippen LogP contribution in [0.5, 0.6) is 0 Å². The molecule has 0 unspecified atom stereocenters. The monoisotopic (exact) mass is 259 g/mol.